The molecular formula is C16H21NOS. The Morgan fingerprint density at radius 3 is 3.05 bits per heavy atom. The SMILES string of the molecule is CC(NCC1CCCCO1)c1cc2ccccc2s1. The highest BCUT2D eigenvalue weighted by Crippen LogP contribution is 2.29. The molecule has 2 nitrogen and oxygen atoms in total. The number of rotatable bonds is 4. The van der Waals surface area contributed by atoms with Crippen LogP contribution < -0.4 is 5.32 Å². The molecule has 2 unspecified atom stereocenters. The van der Waals surface area contributed by atoms with Crippen LogP contribution in [0, 0.1) is 0 Å². The van der Waals surface area contributed by atoms with Crippen LogP contribution in [0.4, 0.5) is 0 Å². The molecule has 0 radical (unpaired) electrons. The lowest BCUT2D eigenvalue weighted by Crippen LogP contribution is -2.33. The van der Waals surface area contributed by atoms with Gasteiger partial charge in [0.25, 0.3) is 0 Å². The largest absolute Gasteiger partial charge is 0.377 e. The van der Waals surface area contributed by atoms with Crippen molar-refractivity contribution in [1.29, 1.82) is 0 Å². The Labute approximate surface area is 118 Å². The lowest BCUT2D eigenvalue weighted by atomic mass is 10.1. The van der Waals surface area contributed by atoms with E-state index >= 15 is 0 Å². The maximum atomic E-state index is 5.76. The minimum atomic E-state index is 0.405. The van der Waals surface area contributed by atoms with Crippen molar-refractivity contribution >= 4 is 21.4 Å². The van der Waals surface area contributed by atoms with Gasteiger partial charge in [0, 0.05) is 28.8 Å². The van der Waals surface area contributed by atoms with Crippen LogP contribution in [0.5, 0.6) is 0 Å². The minimum Gasteiger partial charge on any atom is -0.377 e. The summed E-state index contributed by atoms with van der Waals surface area (Å²) in [7, 11) is 0. The molecule has 1 aromatic carbocycles. The monoisotopic (exact) mass is 275 g/mol. The van der Waals surface area contributed by atoms with Crippen LogP contribution in [0.3, 0.4) is 0 Å². The van der Waals surface area contributed by atoms with Gasteiger partial charge in [-0.2, -0.15) is 0 Å². The smallest absolute Gasteiger partial charge is 0.0699 e. The standard InChI is InChI=1S/C16H21NOS/c1-12(17-11-14-7-4-5-9-18-14)16-10-13-6-2-3-8-15(13)19-16/h2-3,6,8,10,12,14,17H,4-5,7,9,11H2,1H3. The second kappa shape index (κ2) is 6.04. The third-order valence-electron chi connectivity index (χ3n) is 3.80. The second-order valence-corrected chi connectivity index (χ2v) is 6.42. The Kier molecular flexibility index (Phi) is 4.16. The number of ether oxygens (including phenoxy) is 1. The van der Waals surface area contributed by atoms with Crippen molar-refractivity contribution < 1.29 is 4.74 Å². The average Bonchev–Trinajstić information content (AvgIpc) is 2.90. The highest BCUT2D eigenvalue weighted by Gasteiger charge is 2.16. The van der Waals surface area contributed by atoms with Gasteiger partial charge < -0.3 is 10.1 Å². The number of fused-ring (bicyclic) bond motifs is 1. The molecule has 0 saturated carbocycles. The maximum absolute atomic E-state index is 5.76. The van der Waals surface area contributed by atoms with Crippen LogP contribution in [-0.2, 0) is 4.74 Å². The van der Waals surface area contributed by atoms with Gasteiger partial charge in [0.1, 0.15) is 0 Å². The molecule has 2 atom stereocenters. The predicted octanol–water partition coefficient (Wildman–Crippen LogP) is 4.12. The lowest BCUT2D eigenvalue weighted by molar-refractivity contribution is 0.0157. The first-order valence-electron chi connectivity index (χ1n) is 7.16. The summed E-state index contributed by atoms with van der Waals surface area (Å²) in [6, 6.07) is 11.3. The third kappa shape index (κ3) is 3.16. The highest BCUT2D eigenvalue weighted by molar-refractivity contribution is 7.19. The van der Waals surface area contributed by atoms with Crippen LogP contribution >= 0.6 is 11.3 Å². The molecule has 19 heavy (non-hydrogen) atoms. The zero-order chi connectivity index (χ0) is 13.1. The van der Waals surface area contributed by atoms with Gasteiger partial charge >= 0.3 is 0 Å². The van der Waals surface area contributed by atoms with E-state index in [9.17, 15) is 0 Å². The predicted molar refractivity (Wildman–Crippen MR) is 81.8 cm³/mol. The molecule has 2 aromatic rings. The summed E-state index contributed by atoms with van der Waals surface area (Å²) in [4.78, 5) is 1.41. The first-order chi connectivity index (χ1) is 9.33. The van der Waals surface area contributed by atoms with E-state index < -0.39 is 0 Å². The zero-order valence-electron chi connectivity index (χ0n) is 11.4. The zero-order valence-corrected chi connectivity index (χ0v) is 12.2. The maximum Gasteiger partial charge on any atom is 0.0699 e. The summed E-state index contributed by atoms with van der Waals surface area (Å²) in [5, 5.41) is 4.97. The van der Waals surface area contributed by atoms with Crippen molar-refractivity contribution in [3.8, 4) is 0 Å². The number of benzene rings is 1. The van der Waals surface area contributed by atoms with Gasteiger partial charge in [-0.3, -0.25) is 0 Å². The Hall–Kier alpha value is -0.900. The summed E-state index contributed by atoms with van der Waals surface area (Å²) < 4.78 is 7.14. The lowest BCUT2D eigenvalue weighted by Gasteiger charge is -2.24. The first-order valence-corrected chi connectivity index (χ1v) is 7.98. The molecule has 1 aromatic heterocycles. The Balaban J connectivity index is 1.61. The van der Waals surface area contributed by atoms with Crippen molar-refractivity contribution in [2.45, 2.75) is 38.3 Å². The molecule has 3 heteroatoms. The number of hydrogen-bond donors (Lipinski definition) is 1. The van der Waals surface area contributed by atoms with Crippen molar-refractivity contribution in [2.75, 3.05) is 13.2 Å². The molecule has 2 heterocycles. The fraction of sp³-hybridized carbons (Fsp3) is 0.500. The Bertz CT molecular complexity index is 497. The Morgan fingerprint density at radius 2 is 2.26 bits per heavy atom. The van der Waals surface area contributed by atoms with E-state index in [2.05, 4.69) is 42.6 Å². The molecular weight excluding hydrogens is 254 g/mol. The molecule has 1 aliphatic heterocycles. The van der Waals surface area contributed by atoms with E-state index in [0.29, 0.717) is 12.1 Å². The summed E-state index contributed by atoms with van der Waals surface area (Å²) in [6.45, 7) is 4.15. The molecule has 1 aliphatic rings. The van der Waals surface area contributed by atoms with E-state index in [1.165, 1.54) is 34.2 Å². The van der Waals surface area contributed by atoms with Gasteiger partial charge in [0.15, 0.2) is 0 Å². The molecule has 1 fully saturated rings. The second-order valence-electron chi connectivity index (χ2n) is 5.31. The summed E-state index contributed by atoms with van der Waals surface area (Å²) in [5.41, 5.74) is 0. The van der Waals surface area contributed by atoms with Crippen LogP contribution in [0.15, 0.2) is 30.3 Å². The van der Waals surface area contributed by atoms with Gasteiger partial charge in [-0.25, -0.2) is 0 Å². The molecule has 102 valence electrons. The van der Waals surface area contributed by atoms with Gasteiger partial charge in [-0.05, 0) is 43.7 Å². The summed E-state index contributed by atoms with van der Waals surface area (Å²) in [5.74, 6) is 0. The molecule has 3 rings (SSSR count). The highest BCUT2D eigenvalue weighted by atomic mass is 32.1. The normalized spacial score (nSPS) is 21.6. The minimum absolute atomic E-state index is 0.405. The van der Waals surface area contributed by atoms with Crippen molar-refractivity contribution in [3.63, 3.8) is 0 Å². The number of nitrogens with one attached hydrogen (secondary N) is 1. The Morgan fingerprint density at radius 1 is 1.37 bits per heavy atom. The first kappa shape index (κ1) is 13.1. The van der Waals surface area contributed by atoms with E-state index in [1.807, 2.05) is 11.3 Å². The molecule has 1 saturated heterocycles. The van der Waals surface area contributed by atoms with E-state index in [0.717, 1.165) is 13.2 Å². The van der Waals surface area contributed by atoms with Crippen molar-refractivity contribution in [3.05, 3.63) is 35.2 Å². The van der Waals surface area contributed by atoms with Gasteiger partial charge in [-0.1, -0.05) is 18.2 Å². The summed E-state index contributed by atoms with van der Waals surface area (Å²) >= 11 is 1.89. The molecule has 0 amide bonds. The summed E-state index contributed by atoms with van der Waals surface area (Å²) in [6.07, 6.45) is 4.14. The number of hydrogen-bond acceptors (Lipinski definition) is 3. The van der Waals surface area contributed by atoms with Crippen LogP contribution in [0.1, 0.15) is 37.1 Å². The fourth-order valence-corrected chi connectivity index (χ4v) is 3.68. The number of thiophene rings is 1. The van der Waals surface area contributed by atoms with Crippen LogP contribution in [0.25, 0.3) is 10.1 Å². The van der Waals surface area contributed by atoms with Crippen LogP contribution in [-0.4, -0.2) is 19.3 Å². The molecule has 0 aliphatic carbocycles. The quantitative estimate of drug-likeness (QED) is 0.906. The van der Waals surface area contributed by atoms with Gasteiger partial charge in [-0.15, -0.1) is 11.3 Å². The molecule has 0 spiro atoms. The van der Waals surface area contributed by atoms with Gasteiger partial charge in [0.2, 0.25) is 0 Å². The fourth-order valence-electron chi connectivity index (χ4n) is 2.59. The topological polar surface area (TPSA) is 21.3 Å². The average molecular weight is 275 g/mol. The van der Waals surface area contributed by atoms with Crippen molar-refractivity contribution in [1.82, 2.24) is 5.32 Å². The van der Waals surface area contributed by atoms with Crippen molar-refractivity contribution in [2.24, 2.45) is 0 Å². The molecule has 0 bridgehead atoms. The molecule has 1 N–H and O–H groups in total. The van der Waals surface area contributed by atoms with E-state index in [1.54, 1.807) is 0 Å². The van der Waals surface area contributed by atoms with Crippen LogP contribution in [0.2, 0.25) is 0 Å². The third-order valence-corrected chi connectivity index (χ3v) is 5.10. The van der Waals surface area contributed by atoms with Gasteiger partial charge in [0.05, 0.1) is 6.10 Å². The van der Waals surface area contributed by atoms with E-state index in [-0.39, 0.29) is 0 Å². The van der Waals surface area contributed by atoms with E-state index in [4.69, 9.17) is 4.74 Å².